The molecule has 140 valence electrons. The van der Waals surface area contributed by atoms with Crippen molar-refractivity contribution in [3.63, 3.8) is 0 Å². The van der Waals surface area contributed by atoms with Gasteiger partial charge in [0.1, 0.15) is 4.88 Å². The minimum atomic E-state index is -0.413. The highest BCUT2D eigenvalue weighted by Crippen LogP contribution is 2.34. The highest BCUT2D eigenvalue weighted by Gasteiger charge is 2.17. The number of nitrogens with one attached hydrogen (secondary N) is 4. The van der Waals surface area contributed by atoms with Gasteiger partial charge in [0.05, 0.1) is 11.6 Å². The van der Waals surface area contributed by atoms with Gasteiger partial charge in [0.25, 0.3) is 11.8 Å². The lowest BCUT2D eigenvalue weighted by molar-refractivity contribution is -0.120. The van der Waals surface area contributed by atoms with Crippen LogP contribution in [0.4, 0.5) is 0 Å². The van der Waals surface area contributed by atoms with E-state index in [4.69, 9.17) is 23.8 Å². The molecule has 0 bridgehead atoms. The molecule has 2 amide bonds. The van der Waals surface area contributed by atoms with E-state index in [1.165, 1.54) is 11.3 Å². The molecule has 1 aromatic heterocycles. The first-order valence-corrected chi connectivity index (χ1v) is 9.76. The van der Waals surface area contributed by atoms with Crippen LogP contribution in [0.25, 0.3) is 10.1 Å². The Hall–Kier alpha value is -1.90. The van der Waals surface area contributed by atoms with Crippen molar-refractivity contribution in [2.45, 2.75) is 20.3 Å². The maximum atomic E-state index is 12.3. The molecule has 0 aliphatic heterocycles. The summed E-state index contributed by atoms with van der Waals surface area (Å²) in [7, 11) is 0. The number of hydrogen-bond acceptors (Lipinski definition) is 4. The van der Waals surface area contributed by atoms with Gasteiger partial charge in [-0.2, -0.15) is 0 Å². The highest BCUT2D eigenvalue weighted by atomic mass is 35.5. The molecule has 2 aromatic rings. The Morgan fingerprint density at radius 3 is 2.62 bits per heavy atom. The van der Waals surface area contributed by atoms with Gasteiger partial charge in [-0.15, -0.1) is 11.3 Å². The zero-order valence-electron chi connectivity index (χ0n) is 14.5. The molecular weight excluding hydrogens is 392 g/mol. The van der Waals surface area contributed by atoms with E-state index in [0.717, 1.165) is 23.1 Å². The van der Waals surface area contributed by atoms with E-state index in [-0.39, 0.29) is 12.5 Å². The Kier molecular flexibility index (Phi) is 7.62. The number of carbonyl (C=O) groups is 2. The van der Waals surface area contributed by atoms with Crippen LogP contribution >= 0.6 is 35.2 Å². The quantitative estimate of drug-likeness (QED) is 0.433. The molecule has 0 saturated heterocycles. The molecule has 0 saturated carbocycles. The number of halogens is 1. The predicted molar refractivity (Wildman–Crippen MR) is 111 cm³/mol. The molecule has 4 N–H and O–H groups in total. The Morgan fingerprint density at radius 1 is 1.19 bits per heavy atom. The van der Waals surface area contributed by atoms with Crippen LogP contribution in [0.3, 0.4) is 0 Å². The van der Waals surface area contributed by atoms with Crippen LogP contribution in [-0.4, -0.2) is 30.0 Å². The van der Waals surface area contributed by atoms with Crippen LogP contribution in [0.15, 0.2) is 24.3 Å². The van der Waals surface area contributed by atoms with Crippen LogP contribution in [0, 0.1) is 5.92 Å². The molecule has 1 aromatic carbocycles. The third kappa shape index (κ3) is 5.82. The summed E-state index contributed by atoms with van der Waals surface area (Å²) >= 11 is 12.6. The van der Waals surface area contributed by atoms with Gasteiger partial charge in [-0.3, -0.25) is 20.4 Å². The van der Waals surface area contributed by atoms with Gasteiger partial charge in [0.15, 0.2) is 5.11 Å². The number of hydrazine groups is 1. The average Bonchev–Trinajstić information content (AvgIpc) is 2.95. The number of amides is 2. The summed E-state index contributed by atoms with van der Waals surface area (Å²) in [6, 6.07) is 7.50. The van der Waals surface area contributed by atoms with Crippen LogP contribution in [0.1, 0.15) is 29.9 Å². The monoisotopic (exact) mass is 412 g/mol. The maximum Gasteiger partial charge on any atom is 0.263 e. The molecule has 0 unspecified atom stereocenters. The van der Waals surface area contributed by atoms with Crippen LogP contribution < -0.4 is 21.5 Å². The van der Waals surface area contributed by atoms with Gasteiger partial charge in [0, 0.05) is 16.6 Å². The summed E-state index contributed by atoms with van der Waals surface area (Å²) in [6.07, 6.45) is 0.974. The third-order valence-electron chi connectivity index (χ3n) is 3.47. The fourth-order valence-electron chi connectivity index (χ4n) is 2.09. The Bertz CT molecular complexity index is 807. The smallest absolute Gasteiger partial charge is 0.263 e. The molecule has 26 heavy (non-hydrogen) atoms. The van der Waals surface area contributed by atoms with Crippen molar-refractivity contribution < 1.29 is 9.59 Å². The molecule has 9 heteroatoms. The average molecular weight is 413 g/mol. The molecule has 0 atom stereocenters. The fourth-order valence-corrected chi connectivity index (χ4v) is 3.68. The summed E-state index contributed by atoms with van der Waals surface area (Å²) in [5.74, 6) is -0.233. The molecule has 6 nitrogen and oxygen atoms in total. The summed E-state index contributed by atoms with van der Waals surface area (Å²) in [6.45, 7) is 4.77. The molecule has 0 radical (unpaired) electrons. The van der Waals surface area contributed by atoms with Gasteiger partial charge in [-0.1, -0.05) is 43.6 Å². The van der Waals surface area contributed by atoms with Crippen molar-refractivity contribution in [2.75, 3.05) is 13.1 Å². The number of thiocarbonyl (C=S) groups is 1. The summed E-state index contributed by atoms with van der Waals surface area (Å²) in [5.41, 5.74) is 5.03. The number of rotatable bonds is 6. The van der Waals surface area contributed by atoms with E-state index >= 15 is 0 Å². The van der Waals surface area contributed by atoms with Gasteiger partial charge < -0.3 is 10.6 Å². The van der Waals surface area contributed by atoms with Crippen LogP contribution in [0.2, 0.25) is 5.02 Å². The normalized spacial score (nSPS) is 10.6. The van der Waals surface area contributed by atoms with E-state index in [1.807, 2.05) is 24.3 Å². The van der Waals surface area contributed by atoms with E-state index < -0.39 is 5.91 Å². The summed E-state index contributed by atoms with van der Waals surface area (Å²) in [4.78, 5) is 24.5. The van der Waals surface area contributed by atoms with Crippen molar-refractivity contribution in [2.24, 2.45) is 5.92 Å². The Balaban J connectivity index is 1.77. The first-order valence-electron chi connectivity index (χ1n) is 8.16. The molecule has 1 heterocycles. The van der Waals surface area contributed by atoms with E-state index in [1.54, 1.807) is 0 Å². The van der Waals surface area contributed by atoms with E-state index in [2.05, 4.69) is 35.3 Å². The lowest BCUT2D eigenvalue weighted by Crippen LogP contribution is -2.49. The Labute approximate surface area is 166 Å². The van der Waals surface area contributed by atoms with Gasteiger partial charge in [0.2, 0.25) is 0 Å². The second kappa shape index (κ2) is 9.70. The lowest BCUT2D eigenvalue weighted by Gasteiger charge is -2.12. The van der Waals surface area contributed by atoms with Gasteiger partial charge in [-0.05, 0) is 30.6 Å². The second-order valence-corrected chi connectivity index (χ2v) is 7.87. The fraction of sp³-hybridized carbons (Fsp3) is 0.353. The second-order valence-electron chi connectivity index (χ2n) is 6.04. The van der Waals surface area contributed by atoms with Crippen molar-refractivity contribution in [3.8, 4) is 0 Å². The molecular formula is C17H21ClN4O2S2. The van der Waals surface area contributed by atoms with Crippen molar-refractivity contribution in [1.82, 2.24) is 21.5 Å². The molecule has 2 rings (SSSR count). The standard InChI is InChI=1S/C17H21ClN4O2S2/c1-10(2)7-8-19-17(25)22-21-13(23)9-20-16(24)15-14(18)11-5-3-4-6-12(11)26-15/h3-6,10H,7-9H2,1-2H3,(H,20,24)(H,21,23)(H2,19,22,25). The summed E-state index contributed by atoms with van der Waals surface area (Å²) < 4.78 is 0.923. The zero-order valence-corrected chi connectivity index (χ0v) is 16.9. The highest BCUT2D eigenvalue weighted by molar-refractivity contribution is 7.80. The first kappa shape index (κ1) is 20.4. The molecule has 0 aliphatic rings. The Morgan fingerprint density at radius 2 is 1.92 bits per heavy atom. The van der Waals surface area contributed by atoms with Crippen molar-refractivity contribution in [3.05, 3.63) is 34.2 Å². The molecule has 0 fully saturated rings. The number of carbonyl (C=O) groups excluding carboxylic acids is 2. The first-order chi connectivity index (χ1) is 12.4. The van der Waals surface area contributed by atoms with Crippen LogP contribution in [-0.2, 0) is 4.79 Å². The van der Waals surface area contributed by atoms with Gasteiger partial charge >= 0.3 is 0 Å². The lowest BCUT2D eigenvalue weighted by atomic mass is 10.1. The minimum Gasteiger partial charge on any atom is -0.361 e. The zero-order chi connectivity index (χ0) is 19.1. The number of thiophene rings is 1. The maximum absolute atomic E-state index is 12.3. The van der Waals surface area contributed by atoms with Gasteiger partial charge in [-0.25, -0.2) is 0 Å². The van der Waals surface area contributed by atoms with Crippen LogP contribution in [0.5, 0.6) is 0 Å². The summed E-state index contributed by atoms with van der Waals surface area (Å²) in [5, 5.41) is 7.10. The minimum absolute atomic E-state index is 0.189. The van der Waals surface area contributed by atoms with Crippen molar-refractivity contribution >= 4 is 62.2 Å². The number of hydrogen-bond donors (Lipinski definition) is 4. The predicted octanol–water partition coefficient (Wildman–Crippen LogP) is 2.83. The third-order valence-corrected chi connectivity index (χ3v) is 5.39. The largest absolute Gasteiger partial charge is 0.361 e. The van der Waals surface area contributed by atoms with E-state index in [0.29, 0.717) is 20.9 Å². The van der Waals surface area contributed by atoms with Crippen molar-refractivity contribution in [1.29, 1.82) is 0 Å². The number of fused-ring (bicyclic) bond motifs is 1. The van der Waals surface area contributed by atoms with E-state index in [9.17, 15) is 9.59 Å². The topological polar surface area (TPSA) is 82.3 Å². The SMILES string of the molecule is CC(C)CCNC(=S)NNC(=O)CNC(=O)c1sc2ccccc2c1Cl. The number of benzene rings is 1. The molecule has 0 aliphatic carbocycles. The molecule has 0 spiro atoms.